The molecule has 2 amide bonds. The highest BCUT2D eigenvalue weighted by atomic mass is 32.1. The molecule has 4 rings (SSSR count). The molecular formula is C28H26F7N3O2S. The molecule has 0 aliphatic carbocycles. The topological polar surface area (TPSA) is 43.9 Å². The number of amides is 2. The summed E-state index contributed by atoms with van der Waals surface area (Å²) in [5.74, 6) is -1.42. The molecule has 5 nitrogen and oxygen atoms in total. The molecule has 0 bridgehead atoms. The maximum atomic E-state index is 13.4. The summed E-state index contributed by atoms with van der Waals surface area (Å²) < 4.78 is 92.7. The molecule has 220 valence electrons. The summed E-state index contributed by atoms with van der Waals surface area (Å²) in [5, 5.41) is 1.87. The molecule has 1 saturated heterocycles. The first-order chi connectivity index (χ1) is 19.3. The Morgan fingerprint density at radius 2 is 1.46 bits per heavy atom. The van der Waals surface area contributed by atoms with Crippen molar-refractivity contribution >= 4 is 23.2 Å². The highest BCUT2D eigenvalue weighted by Gasteiger charge is 2.38. The molecule has 1 aliphatic heterocycles. The van der Waals surface area contributed by atoms with Crippen molar-refractivity contribution in [2.24, 2.45) is 0 Å². The fourth-order valence-corrected chi connectivity index (χ4v) is 5.17. The SMILES string of the molecule is O=C(Cc1cccs1)N(CCN1CCN(C(=O)c2cc(C(F)(F)F)cc(C(F)(F)F)c2)CC1)Cc1ccc(F)cc1. The van der Waals surface area contributed by atoms with Gasteiger partial charge in [-0.05, 0) is 47.3 Å². The standard InChI is InChI=1S/C28H26F7N3O2S/c29-23-5-3-19(4-6-23)18-38(25(39)17-24-2-1-13-41-24)12-9-36-7-10-37(11-8-36)26(40)20-14-21(27(30,31)32)16-22(15-20)28(33,34)35/h1-6,13-16H,7-12,17-18H2. The van der Waals surface area contributed by atoms with Gasteiger partial charge in [-0.3, -0.25) is 14.5 Å². The van der Waals surface area contributed by atoms with Gasteiger partial charge in [0.25, 0.3) is 5.91 Å². The Morgan fingerprint density at radius 1 is 0.854 bits per heavy atom. The molecule has 0 N–H and O–H groups in total. The largest absolute Gasteiger partial charge is 0.416 e. The number of halogens is 7. The number of carbonyl (C=O) groups excluding carboxylic acids is 2. The molecule has 3 aromatic rings. The Hall–Kier alpha value is -3.45. The second-order valence-electron chi connectivity index (χ2n) is 9.63. The number of carbonyl (C=O) groups is 2. The van der Waals surface area contributed by atoms with Crippen LogP contribution >= 0.6 is 11.3 Å². The third-order valence-corrected chi connectivity index (χ3v) is 7.60. The number of rotatable bonds is 8. The molecular weight excluding hydrogens is 575 g/mol. The van der Waals surface area contributed by atoms with Crippen molar-refractivity contribution in [2.45, 2.75) is 25.3 Å². The molecule has 2 aromatic carbocycles. The molecule has 2 heterocycles. The van der Waals surface area contributed by atoms with E-state index in [1.165, 1.54) is 28.4 Å². The second kappa shape index (κ2) is 12.6. The van der Waals surface area contributed by atoms with Crippen molar-refractivity contribution in [3.05, 3.63) is 92.9 Å². The second-order valence-corrected chi connectivity index (χ2v) is 10.7. The number of benzene rings is 2. The third-order valence-electron chi connectivity index (χ3n) is 6.73. The highest BCUT2D eigenvalue weighted by Crippen LogP contribution is 2.36. The Labute approximate surface area is 235 Å². The normalized spacial score (nSPS) is 14.8. The van der Waals surface area contributed by atoms with Crippen molar-refractivity contribution in [2.75, 3.05) is 39.3 Å². The minimum Gasteiger partial charge on any atom is -0.337 e. The monoisotopic (exact) mass is 601 g/mol. The van der Waals surface area contributed by atoms with E-state index in [9.17, 15) is 40.3 Å². The van der Waals surface area contributed by atoms with E-state index in [1.807, 2.05) is 22.4 Å². The molecule has 1 fully saturated rings. The molecule has 0 radical (unpaired) electrons. The van der Waals surface area contributed by atoms with Gasteiger partial charge in [0.15, 0.2) is 0 Å². The van der Waals surface area contributed by atoms with Crippen LogP contribution in [0.3, 0.4) is 0 Å². The number of hydrogen-bond acceptors (Lipinski definition) is 4. The van der Waals surface area contributed by atoms with Crippen LogP contribution in [0.15, 0.2) is 60.0 Å². The maximum absolute atomic E-state index is 13.4. The van der Waals surface area contributed by atoms with Crippen LogP contribution in [0.4, 0.5) is 30.7 Å². The lowest BCUT2D eigenvalue weighted by atomic mass is 10.0. The van der Waals surface area contributed by atoms with Crippen LogP contribution in [0.1, 0.15) is 31.9 Å². The van der Waals surface area contributed by atoms with Gasteiger partial charge in [0.1, 0.15) is 5.82 Å². The van der Waals surface area contributed by atoms with Crippen molar-refractivity contribution in [3.63, 3.8) is 0 Å². The fourth-order valence-electron chi connectivity index (χ4n) is 4.47. The summed E-state index contributed by atoms with van der Waals surface area (Å²) >= 11 is 1.46. The number of piperazine rings is 1. The summed E-state index contributed by atoms with van der Waals surface area (Å²) in [4.78, 5) is 31.7. The quantitative estimate of drug-likeness (QED) is 0.300. The summed E-state index contributed by atoms with van der Waals surface area (Å²) in [6.45, 7) is 1.86. The van der Waals surface area contributed by atoms with E-state index >= 15 is 0 Å². The molecule has 1 aromatic heterocycles. The molecule has 0 unspecified atom stereocenters. The summed E-state index contributed by atoms with van der Waals surface area (Å²) in [6.07, 6.45) is -9.89. The Balaban J connectivity index is 1.39. The van der Waals surface area contributed by atoms with Gasteiger partial charge in [0, 0.05) is 56.3 Å². The predicted octanol–water partition coefficient (Wildman–Crippen LogP) is 5.95. The average molecular weight is 602 g/mol. The van der Waals surface area contributed by atoms with Gasteiger partial charge in [-0.1, -0.05) is 18.2 Å². The first-order valence-electron chi connectivity index (χ1n) is 12.7. The highest BCUT2D eigenvalue weighted by molar-refractivity contribution is 7.10. The van der Waals surface area contributed by atoms with Crippen LogP contribution in [0.2, 0.25) is 0 Å². The van der Waals surface area contributed by atoms with Crippen LogP contribution in [0, 0.1) is 5.82 Å². The lowest BCUT2D eigenvalue weighted by Crippen LogP contribution is -2.50. The number of alkyl halides is 6. The number of thiophene rings is 1. The third kappa shape index (κ3) is 8.29. The molecule has 41 heavy (non-hydrogen) atoms. The summed E-state index contributed by atoms with van der Waals surface area (Å²) in [5.41, 5.74) is -3.00. The van der Waals surface area contributed by atoms with Gasteiger partial charge in [-0.2, -0.15) is 26.3 Å². The van der Waals surface area contributed by atoms with Gasteiger partial charge >= 0.3 is 12.4 Å². The van der Waals surface area contributed by atoms with Gasteiger partial charge in [-0.15, -0.1) is 11.3 Å². The van der Waals surface area contributed by atoms with E-state index in [-0.39, 0.29) is 38.0 Å². The zero-order chi connectivity index (χ0) is 29.8. The molecule has 0 atom stereocenters. The van der Waals surface area contributed by atoms with E-state index in [2.05, 4.69) is 0 Å². The zero-order valence-electron chi connectivity index (χ0n) is 21.6. The van der Waals surface area contributed by atoms with E-state index < -0.39 is 40.8 Å². The Bertz CT molecular complexity index is 1300. The number of nitrogens with zero attached hydrogens (tertiary/aromatic N) is 3. The summed E-state index contributed by atoms with van der Waals surface area (Å²) in [7, 11) is 0. The van der Waals surface area contributed by atoms with Crippen LogP contribution in [0.25, 0.3) is 0 Å². The van der Waals surface area contributed by atoms with Gasteiger partial charge in [0.2, 0.25) is 5.91 Å². The zero-order valence-corrected chi connectivity index (χ0v) is 22.5. The van der Waals surface area contributed by atoms with E-state index in [1.54, 1.807) is 17.0 Å². The Morgan fingerprint density at radius 3 is 2.00 bits per heavy atom. The minimum atomic E-state index is -5.05. The van der Waals surface area contributed by atoms with Crippen molar-refractivity contribution in [1.82, 2.24) is 14.7 Å². The average Bonchev–Trinajstić information content (AvgIpc) is 3.43. The maximum Gasteiger partial charge on any atom is 0.416 e. The van der Waals surface area contributed by atoms with Crippen LogP contribution < -0.4 is 0 Å². The van der Waals surface area contributed by atoms with Gasteiger partial charge in [0.05, 0.1) is 17.5 Å². The van der Waals surface area contributed by atoms with Crippen molar-refractivity contribution < 1.29 is 40.3 Å². The van der Waals surface area contributed by atoms with Crippen molar-refractivity contribution in [3.8, 4) is 0 Å². The van der Waals surface area contributed by atoms with Crippen LogP contribution in [-0.2, 0) is 30.1 Å². The molecule has 1 aliphatic rings. The summed E-state index contributed by atoms with van der Waals surface area (Å²) in [6, 6.07) is 10.4. The minimum absolute atomic E-state index is 0.00778. The smallest absolute Gasteiger partial charge is 0.337 e. The molecule has 0 spiro atoms. The van der Waals surface area contributed by atoms with E-state index in [0.717, 1.165) is 10.4 Å². The predicted molar refractivity (Wildman–Crippen MR) is 139 cm³/mol. The Kier molecular flexibility index (Phi) is 9.37. The lowest BCUT2D eigenvalue weighted by molar-refractivity contribution is -0.143. The van der Waals surface area contributed by atoms with E-state index in [0.29, 0.717) is 38.3 Å². The van der Waals surface area contributed by atoms with Gasteiger partial charge < -0.3 is 9.80 Å². The van der Waals surface area contributed by atoms with Crippen molar-refractivity contribution in [1.29, 1.82) is 0 Å². The fraction of sp³-hybridized carbons (Fsp3) is 0.357. The first kappa shape index (κ1) is 30.5. The molecule has 13 heteroatoms. The lowest BCUT2D eigenvalue weighted by Gasteiger charge is -2.36. The van der Waals surface area contributed by atoms with Crippen LogP contribution in [0.5, 0.6) is 0 Å². The molecule has 0 saturated carbocycles. The number of hydrogen-bond donors (Lipinski definition) is 0. The van der Waals surface area contributed by atoms with Gasteiger partial charge in [-0.25, -0.2) is 4.39 Å². The van der Waals surface area contributed by atoms with E-state index in [4.69, 9.17) is 0 Å². The van der Waals surface area contributed by atoms with Crippen LogP contribution in [-0.4, -0.2) is 65.8 Å². The first-order valence-corrected chi connectivity index (χ1v) is 13.5.